The van der Waals surface area contributed by atoms with E-state index in [1.54, 1.807) is 31.3 Å². The number of nitrogens with zero attached hydrogens (tertiary/aromatic N) is 1. The zero-order valence-corrected chi connectivity index (χ0v) is 14.1. The fraction of sp³-hybridized carbons (Fsp3) is 0.278. The van der Waals surface area contributed by atoms with Crippen molar-refractivity contribution in [3.05, 3.63) is 53.3 Å². The van der Waals surface area contributed by atoms with Crippen LogP contribution in [0.5, 0.6) is 17.2 Å². The number of hydrogen-bond donors (Lipinski definition) is 0. The van der Waals surface area contributed by atoms with Gasteiger partial charge in [0.2, 0.25) is 5.75 Å². The van der Waals surface area contributed by atoms with Crippen molar-refractivity contribution >= 4 is 5.91 Å². The Morgan fingerprint density at radius 1 is 1.00 bits per heavy atom. The highest BCUT2D eigenvalue weighted by Crippen LogP contribution is 2.38. The van der Waals surface area contributed by atoms with Gasteiger partial charge in [-0.15, -0.1) is 0 Å². The number of halogens is 1. The molecule has 5 nitrogen and oxygen atoms in total. The minimum atomic E-state index is -0.308. The molecule has 0 spiro atoms. The molecule has 1 amide bonds. The molecule has 2 rings (SSSR count). The van der Waals surface area contributed by atoms with Crippen molar-refractivity contribution in [2.75, 3.05) is 28.4 Å². The van der Waals surface area contributed by atoms with Crippen LogP contribution in [0, 0.1) is 5.82 Å². The average molecular weight is 333 g/mol. The molecule has 0 unspecified atom stereocenters. The molecule has 2 aromatic carbocycles. The summed E-state index contributed by atoms with van der Waals surface area (Å²) in [4.78, 5) is 14.2. The van der Waals surface area contributed by atoms with Crippen molar-refractivity contribution in [2.24, 2.45) is 0 Å². The lowest BCUT2D eigenvalue weighted by atomic mass is 10.1. The summed E-state index contributed by atoms with van der Waals surface area (Å²) in [6, 6.07) is 9.23. The van der Waals surface area contributed by atoms with Crippen LogP contribution in [0.1, 0.15) is 15.9 Å². The molecule has 0 fully saturated rings. The Bertz CT molecular complexity index is 690. The second kappa shape index (κ2) is 7.68. The van der Waals surface area contributed by atoms with E-state index in [0.29, 0.717) is 29.4 Å². The van der Waals surface area contributed by atoms with E-state index in [4.69, 9.17) is 14.2 Å². The molecule has 0 atom stereocenters. The standard InChI is InChI=1S/C18H20FNO4/c1-20(11-12-5-7-14(19)8-6-12)18(21)13-9-15(22-2)17(24-4)16(10-13)23-3/h5-10H,11H2,1-4H3. The van der Waals surface area contributed by atoms with Crippen LogP contribution in [0.15, 0.2) is 36.4 Å². The monoisotopic (exact) mass is 333 g/mol. The van der Waals surface area contributed by atoms with E-state index in [2.05, 4.69) is 0 Å². The molecule has 0 heterocycles. The Morgan fingerprint density at radius 2 is 1.54 bits per heavy atom. The highest BCUT2D eigenvalue weighted by Gasteiger charge is 2.19. The smallest absolute Gasteiger partial charge is 0.254 e. The lowest BCUT2D eigenvalue weighted by Gasteiger charge is -2.19. The maximum atomic E-state index is 13.0. The summed E-state index contributed by atoms with van der Waals surface area (Å²) < 4.78 is 28.7. The Balaban J connectivity index is 2.26. The Labute approximate surface area is 140 Å². The van der Waals surface area contributed by atoms with Gasteiger partial charge in [0.15, 0.2) is 11.5 Å². The van der Waals surface area contributed by atoms with Crippen LogP contribution in [0.4, 0.5) is 4.39 Å². The lowest BCUT2D eigenvalue weighted by molar-refractivity contribution is 0.0784. The number of carbonyl (C=O) groups excluding carboxylic acids is 1. The zero-order chi connectivity index (χ0) is 17.7. The molecule has 0 bridgehead atoms. The minimum Gasteiger partial charge on any atom is -0.493 e. The molecule has 6 heteroatoms. The summed E-state index contributed by atoms with van der Waals surface area (Å²) in [5.74, 6) is 0.736. The first kappa shape index (κ1) is 17.6. The van der Waals surface area contributed by atoms with Crippen molar-refractivity contribution in [3.63, 3.8) is 0 Å². The lowest BCUT2D eigenvalue weighted by Crippen LogP contribution is -2.26. The van der Waals surface area contributed by atoms with Gasteiger partial charge in [-0.3, -0.25) is 4.79 Å². The molecular weight excluding hydrogens is 313 g/mol. The fourth-order valence-electron chi connectivity index (χ4n) is 2.36. The molecule has 128 valence electrons. The predicted molar refractivity (Wildman–Crippen MR) is 88.3 cm³/mol. The molecule has 0 radical (unpaired) electrons. The summed E-state index contributed by atoms with van der Waals surface area (Å²) in [5, 5.41) is 0. The summed E-state index contributed by atoms with van der Waals surface area (Å²) in [6.45, 7) is 0.357. The first-order valence-corrected chi connectivity index (χ1v) is 7.30. The van der Waals surface area contributed by atoms with Crippen LogP contribution >= 0.6 is 0 Å². The van der Waals surface area contributed by atoms with Crippen molar-refractivity contribution in [1.29, 1.82) is 0 Å². The van der Waals surface area contributed by atoms with Gasteiger partial charge in [-0.2, -0.15) is 0 Å². The molecule has 0 aliphatic carbocycles. The second-order valence-corrected chi connectivity index (χ2v) is 5.20. The Hall–Kier alpha value is -2.76. The molecule has 0 saturated heterocycles. The third-order valence-electron chi connectivity index (χ3n) is 3.59. The van der Waals surface area contributed by atoms with Gasteiger partial charge >= 0.3 is 0 Å². The van der Waals surface area contributed by atoms with E-state index < -0.39 is 0 Å². The van der Waals surface area contributed by atoms with Gasteiger partial charge in [0.05, 0.1) is 21.3 Å². The minimum absolute atomic E-state index is 0.210. The van der Waals surface area contributed by atoms with Crippen LogP contribution in [0.2, 0.25) is 0 Å². The van der Waals surface area contributed by atoms with Gasteiger partial charge in [-0.25, -0.2) is 4.39 Å². The van der Waals surface area contributed by atoms with Crippen LogP contribution in [0.3, 0.4) is 0 Å². The summed E-state index contributed by atoms with van der Waals surface area (Å²) in [5.41, 5.74) is 1.24. The van der Waals surface area contributed by atoms with E-state index in [1.165, 1.54) is 38.4 Å². The van der Waals surface area contributed by atoms with Crippen LogP contribution in [-0.4, -0.2) is 39.2 Å². The molecule has 2 aromatic rings. The predicted octanol–water partition coefficient (Wildman–Crippen LogP) is 3.12. The molecule has 0 aliphatic heterocycles. The topological polar surface area (TPSA) is 48.0 Å². The summed E-state index contributed by atoms with van der Waals surface area (Å²) in [7, 11) is 6.17. The Kier molecular flexibility index (Phi) is 5.63. The molecule has 24 heavy (non-hydrogen) atoms. The third kappa shape index (κ3) is 3.76. The van der Waals surface area contributed by atoms with Crippen molar-refractivity contribution in [1.82, 2.24) is 4.90 Å². The number of methoxy groups -OCH3 is 3. The highest BCUT2D eigenvalue weighted by atomic mass is 19.1. The second-order valence-electron chi connectivity index (χ2n) is 5.20. The maximum Gasteiger partial charge on any atom is 0.254 e. The van der Waals surface area contributed by atoms with Crippen molar-refractivity contribution < 1.29 is 23.4 Å². The number of rotatable bonds is 6. The summed E-state index contributed by atoms with van der Waals surface area (Å²) >= 11 is 0. The normalized spacial score (nSPS) is 10.2. The SMILES string of the molecule is COc1cc(C(=O)N(C)Cc2ccc(F)cc2)cc(OC)c1OC. The third-order valence-corrected chi connectivity index (χ3v) is 3.59. The number of ether oxygens (including phenoxy) is 3. The first-order valence-electron chi connectivity index (χ1n) is 7.30. The average Bonchev–Trinajstić information content (AvgIpc) is 2.61. The highest BCUT2D eigenvalue weighted by molar-refractivity contribution is 5.95. The van der Waals surface area contributed by atoms with E-state index >= 15 is 0 Å². The summed E-state index contributed by atoms with van der Waals surface area (Å²) in [6.07, 6.45) is 0. The first-order chi connectivity index (χ1) is 11.5. The Morgan fingerprint density at radius 3 is 2.00 bits per heavy atom. The molecule has 0 aromatic heterocycles. The largest absolute Gasteiger partial charge is 0.493 e. The van der Waals surface area contributed by atoms with Crippen LogP contribution in [0.25, 0.3) is 0 Å². The maximum absolute atomic E-state index is 13.0. The van der Waals surface area contributed by atoms with Crippen molar-refractivity contribution in [2.45, 2.75) is 6.54 Å². The van der Waals surface area contributed by atoms with Gasteiger partial charge in [-0.1, -0.05) is 12.1 Å². The van der Waals surface area contributed by atoms with E-state index in [0.717, 1.165) is 5.56 Å². The van der Waals surface area contributed by atoms with Gasteiger partial charge in [0, 0.05) is 19.2 Å². The molecule has 0 aliphatic rings. The van der Waals surface area contributed by atoms with E-state index in [1.807, 2.05) is 0 Å². The number of carbonyl (C=O) groups is 1. The molecular formula is C18H20FNO4. The van der Waals surface area contributed by atoms with Gasteiger partial charge < -0.3 is 19.1 Å². The van der Waals surface area contributed by atoms with E-state index in [9.17, 15) is 9.18 Å². The van der Waals surface area contributed by atoms with Crippen LogP contribution < -0.4 is 14.2 Å². The van der Waals surface area contributed by atoms with Gasteiger partial charge in [0.25, 0.3) is 5.91 Å². The van der Waals surface area contributed by atoms with Crippen LogP contribution in [-0.2, 0) is 6.54 Å². The molecule has 0 saturated carbocycles. The van der Waals surface area contributed by atoms with E-state index in [-0.39, 0.29) is 11.7 Å². The fourth-order valence-corrected chi connectivity index (χ4v) is 2.36. The quantitative estimate of drug-likeness (QED) is 0.815. The number of benzene rings is 2. The number of hydrogen-bond acceptors (Lipinski definition) is 4. The molecule has 0 N–H and O–H groups in total. The van der Waals surface area contributed by atoms with Gasteiger partial charge in [-0.05, 0) is 29.8 Å². The van der Waals surface area contributed by atoms with Gasteiger partial charge in [0.1, 0.15) is 5.82 Å². The number of amides is 1. The zero-order valence-electron chi connectivity index (χ0n) is 14.1. The van der Waals surface area contributed by atoms with Crippen molar-refractivity contribution in [3.8, 4) is 17.2 Å².